The maximum absolute atomic E-state index is 5.37. The molecular weight excluding hydrogens is 296 g/mol. The van der Waals surface area contributed by atoms with Gasteiger partial charge in [-0.05, 0) is 31.0 Å². The molecule has 0 unspecified atom stereocenters. The first kappa shape index (κ1) is 15.6. The zero-order chi connectivity index (χ0) is 15.4. The van der Waals surface area contributed by atoms with Crippen molar-refractivity contribution in [2.24, 2.45) is 0 Å². The summed E-state index contributed by atoms with van der Waals surface area (Å²) in [6.45, 7) is 10.4. The lowest BCUT2D eigenvalue weighted by Crippen LogP contribution is -2.30. The molecule has 0 N–H and O–H groups in total. The van der Waals surface area contributed by atoms with Gasteiger partial charge in [0.15, 0.2) is 5.82 Å². The molecule has 0 aromatic carbocycles. The summed E-state index contributed by atoms with van der Waals surface area (Å²) in [5.41, 5.74) is 0. The first-order valence-electron chi connectivity index (χ1n) is 8.00. The molecule has 0 amide bonds. The highest BCUT2D eigenvalue weighted by Crippen LogP contribution is 2.15. The molecule has 120 valence electrons. The highest BCUT2D eigenvalue weighted by Gasteiger charge is 2.18. The predicted molar refractivity (Wildman–Crippen MR) is 87.9 cm³/mol. The predicted octanol–water partition coefficient (Wildman–Crippen LogP) is 2.96. The lowest BCUT2D eigenvalue weighted by molar-refractivity contribution is 0.222. The van der Waals surface area contributed by atoms with Gasteiger partial charge in [-0.1, -0.05) is 25.1 Å². The number of hydrogen-bond donors (Lipinski definition) is 0. The van der Waals surface area contributed by atoms with E-state index in [0.717, 1.165) is 51.0 Å². The third-order valence-electron chi connectivity index (χ3n) is 4.00. The maximum atomic E-state index is 5.37. The van der Waals surface area contributed by atoms with Gasteiger partial charge in [0, 0.05) is 30.4 Å². The average Bonchev–Trinajstić information content (AvgIpc) is 3.11. The second kappa shape index (κ2) is 7.35. The van der Waals surface area contributed by atoms with Crippen LogP contribution in [0.1, 0.15) is 42.8 Å². The number of aromatic nitrogens is 2. The molecule has 2 aromatic rings. The van der Waals surface area contributed by atoms with E-state index in [1.54, 1.807) is 0 Å². The summed E-state index contributed by atoms with van der Waals surface area (Å²) in [5, 5.41) is 6.20. The van der Waals surface area contributed by atoms with E-state index in [9.17, 15) is 0 Å². The van der Waals surface area contributed by atoms with Gasteiger partial charge in [0.1, 0.15) is 0 Å². The molecule has 1 aliphatic rings. The van der Waals surface area contributed by atoms with Crippen LogP contribution < -0.4 is 0 Å². The van der Waals surface area contributed by atoms with Crippen molar-refractivity contribution >= 4 is 11.3 Å². The fourth-order valence-corrected chi connectivity index (χ4v) is 3.47. The first-order valence-corrected chi connectivity index (χ1v) is 8.88. The number of rotatable bonds is 5. The van der Waals surface area contributed by atoms with Gasteiger partial charge in [-0.15, -0.1) is 11.3 Å². The van der Waals surface area contributed by atoms with Gasteiger partial charge in [0.2, 0.25) is 5.89 Å². The highest BCUT2D eigenvalue weighted by molar-refractivity contribution is 7.09. The average molecular weight is 320 g/mol. The van der Waals surface area contributed by atoms with Gasteiger partial charge < -0.3 is 4.52 Å². The number of hydrogen-bond acceptors (Lipinski definition) is 6. The minimum Gasteiger partial charge on any atom is -0.338 e. The zero-order valence-corrected chi connectivity index (χ0v) is 14.2. The Kier molecular flexibility index (Phi) is 5.23. The van der Waals surface area contributed by atoms with E-state index < -0.39 is 0 Å². The van der Waals surface area contributed by atoms with E-state index in [1.165, 1.54) is 11.3 Å². The molecule has 1 aliphatic heterocycles. The topological polar surface area (TPSA) is 45.4 Å². The van der Waals surface area contributed by atoms with Crippen LogP contribution in [-0.2, 0) is 13.1 Å². The van der Waals surface area contributed by atoms with Gasteiger partial charge in [-0.25, -0.2) is 0 Å². The largest absolute Gasteiger partial charge is 0.338 e. The summed E-state index contributed by atoms with van der Waals surface area (Å²) in [6.07, 6.45) is 1.19. The number of thiophene rings is 1. The third kappa shape index (κ3) is 4.15. The Morgan fingerprint density at radius 1 is 1.18 bits per heavy atom. The van der Waals surface area contributed by atoms with Crippen LogP contribution >= 0.6 is 11.3 Å². The van der Waals surface area contributed by atoms with Crippen molar-refractivity contribution in [2.45, 2.75) is 39.3 Å². The summed E-state index contributed by atoms with van der Waals surface area (Å²) in [5.74, 6) is 1.88. The summed E-state index contributed by atoms with van der Waals surface area (Å²) in [6, 6.07) is 4.35. The Hall–Kier alpha value is -1.24. The summed E-state index contributed by atoms with van der Waals surface area (Å²) >= 11 is 1.84. The molecule has 3 heterocycles. The minimum atomic E-state index is 0.322. The van der Waals surface area contributed by atoms with Gasteiger partial charge in [0.25, 0.3) is 0 Å². The molecule has 5 nitrogen and oxygen atoms in total. The van der Waals surface area contributed by atoms with E-state index >= 15 is 0 Å². The minimum absolute atomic E-state index is 0.322. The molecular formula is C16H24N4OS. The Bertz CT molecular complexity index is 566. The standard InChI is InChI=1S/C16H24N4OS/c1-13(2)16-17-15(21-18-16)12-20-7-4-6-19(8-9-20)11-14-5-3-10-22-14/h3,5,10,13H,4,6-9,11-12H2,1-2H3. The third-order valence-corrected chi connectivity index (χ3v) is 4.86. The normalized spacial score (nSPS) is 18.0. The lowest BCUT2D eigenvalue weighted by Gasteiger charge is -2.20. The molecule has 0 bridgehead atoms. The molecule has 0 radical (unpaired) electrons. The SMILES string of the molecule is CC(C)c1noc(CN2CCCN(Cc3cccs3)CC2)n1. The van der Waals surface area contributed by atoms with Gasteiger partial charge >= 0.3 is 0 Å². The van der Waals surface area contributed by atoms with Crippen molar-refractivity contribution in [3.8, 4) is 0 Å². The lowest BCUT2D eigenvalue weighted by atomic mass is 10.2. The van der Waals surface area contributed by atoms with Crippen molar-refractivity contribution in [3.05, 3.63) is 34.1 Å². The zero-order valence-electron chi connectivity index (χ0n) is 13.4. The molecule has 0 saturated carbocycles. The van der Waals surface area contributed by atoms with Crippen molar-refractivity contribution < 1.29 is 4.52 Å². The Morgan fingerprint density at radius 2 is 1.95 bits per heavy atom. The van der Waals surface area contributed by atoms with E-state index in [4.69, 9.17) is 4.52 Å². The van der Waals surface area contributed by atoms with Crippen LogP contribution in [0.2, 0.25) is 0 Å². The molecule has 22 heavy (non-hydrogen) atoms. The molecule has 1 fully saturated rings. The van der Waals surface area contributed by atoms with E-state index in [2.05, 4.69) is 51.3 Å². The van der Waals surface area contributed by atoms with E-state index in [-0.39, 0.29) is 0 Å². The van der Waals surface area contributed by atoms with Crippen molar-refractivity contribution in [2.75, 3.05) is 26.2 Å². The van der Waals surface area contributed by atoms with Crippen LogP contribution in [0.3, 0.4) is 0 Å². The summed E-state index contributed by atoms with van der Waals surface area (Å²) < 4.78 is 5.37. The van der Waals surface area contributed by atoms with Crippen molar-refractivity contribution in [3.63, 3.8) is 0 Å². The fraction of sp³-hybridized carbons (Fsp3) is 0.625. The molecule has 6 heteroatoms. The van der Waals surface area contributed by atoms with Crippen LogP contribution in [0, 0.1) is 0 Å². The highest BCUT2D eigenvalue weighted by atomic mass is 32.1. The van der Waals surface area contributed by atoms with Crippen LogP contribution in [0.25, 0.3) is 0 Å². The molecule has 0 atom stereocenters. The quantitative estimate of drug-likeness (QED) is 0.847. The first-order chi connectivity index (χ1) is 10.7. The smallest absolute Gasteiger partial charge is 0.240 e. The molecule has 1 saturated heterocycles. The molecule has 2 aromatic heterocycles. The van der Waals surface area contributed by atoms with Crippen molar-refractivity contribution in [1.29, 1.82) is 0 Å². The Balaban J connectivity index is 1.51. The summed E-state index contributed by atoms with van der Waals surface area (Å²) in [7, 11) is 0. The second-order valence-corrected chi connectivity index (χ2v) is 7.22. The second-order valence-electron chi connectivity index (χ2n) is 6.19. The van der Waals surface area contributed by atoms with Crippen LogP contribution in [-0.4, -0.2) is 46.1 Å². The van der Waals surface area contributed by atoms with Crippen LogP contribution in [0.5, 0.6) is 0 Å². The molecule has 0 aliphatic carbocycles. The van der Waals surface area contributed by atoms with E-state index in [0.29, 0.717) is 5.92 Å². The van der Waals surface area contributed by atoms with Crippen molar-refractivity contribution in [1.82, 2.24) is 19.9 Å². The monoisotopic (exact) mass is 320 g/mol. The molecule has 0 spiro atoms. The van der Waals surface area contributed by atoms with Gasteiger partial charge in [0.05, 0.1) is 6.54 Å². The fourth-order valence-electron chi connectivity index (χ4n) is 2.72. The van der Waals surface area contributed by atoms with Gasteiger partial charge in [-0.2, -0.15) is 4.98 Å². The maximum Gasteiger partial charge on any atom is 0.240 e. The summed E-state index contributed by atoms with van der Waals surface area (Å²) in [4.78, 5) is 10.9. The Labute approximate surface area is 135 Å². The number of nitrogens with zero attached hydrogens (tertiary/aromatic N) is 4. The van der Waals surface area contributed by atoms with E-state index in [1.807, 2.05) is 11.3 Å². The van der Waals surface area contributed by atoms with Crippen LogP contribution in [0.15, 0.2) is 22.0 Å². The van der Waals surface area contributed by atoms with Gasteiger partial charge in [-0.3, -0.25) is 9.80 Å². The van der Waals surface area contributed by atoms with Crippen LogP contribution in [0.4, 0.5) is 0 Å². The Morgan fingerprint density at radius 3 is 2.59 bits per heavy atom. The molecule has 3 rings (SSSR count).